The van der Waals surface area contributed by atoms with Crippen molar-refractivity contribution in [1.29, 1.82) is 0 Å². The summed E-state index contributed by atoms with van der Waals surface area (Å²) in [6.07, 6.45) is -0.687. The predicted molar refractivity (Wildman–Crippen MR) is 138 cm³/mol. The zero-order chi connectivity index (χ0) is 25.7. The molecule has 184 valence electrons. The highest BCUT2D eigenvalue weighted by atomic mass is 16.5. The number of carbonyl (C=O) groups excluding carboxylic acids is 2. The van der Waals surface area contributed by atoms with Gasteiger partial charge in [-0.15, -0.1) is 0 Å². The molecular formula is C29H27NO6. The number of esters is 1. The summed E-state index contributed by atoms with van der Waals surface area (Å²) in [7, 11) is 0. The van der Waals surface area contributed by atoms with E-state index in [4.69, 9.17) is 13.9 Å². The Hall–Kier alpha value is -4.39. The Kier molecular flexibility index (Phi) is 7.49. The third-order valence-corrected chi connectivity index (χ3v) is 5.63. The van der Waals surface area contributed by atoms with Crippen molar-refractivity contribution >= 4 is 28.5 Å². The molecule has 0 aliphatic heterocycles. The van der Waals surface area contributed by atoms with Crippen LogP contribution in [0.25, 0.3) is 22.3 Å². The minimum absolute atomic E-state index is 0.0279. The molecule has 0 bridgehead atoms. The van der Waals surface area contributed by atoms with Gasteiger partial charge in [0.05, 0.1) is 17.6 Å². The molecule has 4 aromatic rings. The second kappa shape index (κ2) is 10.9. The first kappa shape index (κ1) is 24.7. The van der Waals surface area contributed by atoms with Gasteiger partial charge < -0.3 is 19.2 Å². The van der Waals surface area contributed by atoms with Crippen molar-refractivity contribution in [3.8, 4) is 17.1 Å². The first-order valence-electron chi connectivity index (χ1n) is 11.8. The molecule has 36 heavy (non-hydrogen) atoms. The van der Waals surface area contributed by atoms with Gasteiger partial charge in [0.1, 0.15) is 5.58 Å². The van der Waals surface area contributed by atoms with Gasteiger partial charge in [-0.05, 0) is 50.6 Å². The molecule has 1 heterocycles. The smallest absolute Gasteiger partial charge is 0.338 e. The molecular weight excluding hydrogens is 458 g/mol. The number of aryl methyl sites for hydroxylation is 1. The summed E-state index contributed by atoms with van der Waals surface area (Å²) in [6.45, 7) is 5.72. The van der Waals surface area contributed by atoms with Crippen LogP contribution in [0.15, 0.2) is 82.0 Å². The van der Waals surface area contributed by atoms with Crippen molar-refractivity contribution in [2.45, 2.75) is 33.3 Å². The van der Waals surface area contributed by atoms with Crippen LogP contribution in [0.2, 0.25) is 0 Å². The van der Waals surface area contributed by atoms with Crippen LogP contribution < -0.4 is 15.5 Å². The monoisotopic (exact) mass is 485 g/mol. The molecule has 7 heteroatoms. The van der Waals surface area contributed by atoms with Gasteiger partial charge in [-0.3, -0.25) is 9.59 Å². The quantitative estimate of drug-likeness (QED) is 0.320. The Bertz CT molecular complexity index is 1460. The van der Waals surface area contributed by atoms with Crippen LogP contribution in [-0.2, 0) is 9.53 Å². The number of fused-ring (bicyclic) bond motifs is 1. The number of para-hydroxylation sites is 1. The van der Waals surface area contributed by atoms with E-state index in [1.165, 1.54) is 6.07 Å². The third kappa shape index (κ3) is 5.30. The molecule has 1 N–H and O–H groups in total. The molecule has 4 rings (SSSR count). The molecule has 0 aliphatic carbocycles. The number of hydrogen-bond acceptors (Lipinski definition) is 6. The summed E-state index contributed by atoms with van der Waals surface area (Å²) >= 11 is 0. The van der Waals surface area contributed by atoms with Crippen LogP contribution in [-0.4, -0.2) is 24.6 Å². The average molecular weight is 486 g/mol. The van der Waals surface area contributed by atoms with E-state index in [0.29, 0.717) is 34.2 Å². The number of amides is 1. The topological polar surface area (TPSA) is 94.8 Å². The van der Waals surface area contributed by atoms with Crippen molar-refractivity contribution in [2.75, 3.05) is 11.9 Å². The average Bonchev–Trinajstić information content (AvgIpc) is 2.89. The van der Waals surface area contributed by atoms with Crippen LogP contribution in [0.3, 0.4) is 0 Å². The Morgan fingerprint density at radius 2 is 1.72 bits per heavy atom. The number of nitrogens with one attached hydrogen (secondary N) is 1. The standard InChI is InChI=1S/C29H27NO6/c1-4-23(28(32)30-21-10-8-9-20(17-21)29(33)34-5-2)35-27-25(31)22-11-6-7-12-24(22)36-26(27)19-15-13-18(3)14-16-19/h6-17,23H,4-5H2,1-3H3,(H,30,32). The van der Waals surface area contributed by atoms with Crippen LogP contribution in [0, 0.1) is 6.92 Å². The van der Waals surface area contributed by atoms with E-state index in [0.717, 1.165) is 5.56 Å². The second-order valence-corrected chi connectivity index (χ2v) is 8.26. The maximum absolute atomic E-state index is 13.4. The van der Waals surface area contributed by atoms with E-state index in [9.17, 15) is 14.4 Å². The van der Waals surface area contributed by atoms with Gasteiger partial charge >= 0.3 is 5.97 Å². The lowest BCUT2D eigenvalue weighted by atomic mass is 10.1. The van der Waals surface area contributed by atoms with Crippen molar-refractivity contribution in [1.82, 2.24) is 0 Å². The van der Waals surface area contributed by atoms with E-state index in [2.05, 4.69) is 5.32 Å². The summed E-state index contributed by atoms with van der Waals surface area (Å²) < 4.78 is 17.2. The maximum atomic E-state index is 13.4. The SMILES string of the molecule is CCOC(=O)c1cccc(NC(=O)C(CC)Oc2c(-c3ccc(C)cc3)oc3ccccc3c2=O)c1. The van der Waals surface area contributed by atoms with Gasteiger partial charge in [-0.25, -0.2) is 4.79 Å². The lowest BCUT2D eigenvalue weighted by Crippen LogP contribution is -2.34. The lowest BCUT2D eigenvalue weighted by Gasteiger charge is -2.19. The summed E-state index contributed by atoms with van der Waals surface area (Å²) in [5.74, 6) is -0.705. The van der Waals surface area contributed by atoms with E-state index >= 15 is 0 Å². The zero-order valence-corrected chi connectivity index (χ0v) is 20.4. The van der Waals surface area contributed by atoms with Crippen LogP contribution in [0.4, 0.5) is 5.69 Å². The highest BCUT2D eigenvalue weighted by Gasteiger charge is 2.25. The van der Waals surface area contributed by atoms with Gasteiger partial charge in [0.25, 0.3) is 5.91 Å². The Balaban J connectivity index is 1.67. The van der Waals surface area contributed by atoms with Crippen molar-refractivity contribution in [3.05, 3.63) is 94.1 Å². The molecule has 0 aliphatic rings. The summed E-state index contributed by atoms with van der Waals surface area (Å²) in [6, 6.07) is 20.9. The number of anilines is 1. The number of carbonyl (C=O) groups is 2. The van der Waals surface area contributed by atoms with E-state index in [-0.39, 0.29) is 23.5 Å². The molecule has 0 spiro atoms. The number of rotatable bonds is 8. The van der Waals surface area contributed by atoms with Gasteiger partial charge in [0.15, 0.2) is 11.9 Å². The normalized spacial score (nSPS) is 11.6. The summed E-state index contributed by atoms with van der Waals surface area (Å²) in [5.41, 5.74) is 2.52. The largest absolute Gasteiger partial charge is 0.473 e. The Morgan fingerprint density at radius 3 is 2.44 bits per heavy atom. The molecule has 1 amide bonds. The molecule has 0 radical (unpaired) electrons. The Morgan fingerprint density at radius 1 is 0.972 bits per heavy atom. The fraction of sp³-hybridized carbons (Fsp3) is 0.207. The Labute approximate surface area is 208 Å². The van der Waals surface area contributed by atoms with Crippen molar-refractivity contribution in [3.63, 3.8) is 0 Å². The molecule has 7 nitrogen and oxygen atoms in total. The lowest BCUT2D eigenvalue weighted by molar-refractivity contribution is -0.122. The summed E-state index contributed by atoms with van der Waals surface area (Å²) in [4.78, 5) is 38.6. The van der Waals surface area contributed by atoms with E-state index < -0.39 is 18.0 Å². The fourth-order valence-corrected chi connectivity index (χ4v) is 3.75. The van der Waals surface area contributed by atoms with Crippen LogP contribution in [0.1, 0.15) is 36.2 Å². The van der Waals surface area contributed by atoms with Crippen molar-refractivity contribution in [2.24, 2.45) is 0 Å². The molecule has 0 saturated carbocycles. The number of hydrogen-bond donors (Lipinski definition) is 1. The third-order valence-electron chi connectivity index (χ3n) is 5.63. The minimum atomic E-state index is -0.982. The van der Waals surface area contributed by atoms with E-state index in [1.54, 1.807) is 56.3 Å². The molecule has 0 fully saturated rings. The molecule has 0 saturated heterocycles. The van der Waals surface area contributed by atoms with Crippen LogP contribution >= 0.6 is 0 Å². The van der Waals surface area contributed by atoms with Gasteiger partial charge in [0.2, 0.25) is 11.2 Å². The molecule has 1 unspecified atom stereocenters. The highest BCUT2D eigenvalue weighted by Crippen LogP contribution is 2.32. The summed E-state index contributed by atoms with van der Waals surface area (Å²) in [5, 5.41) is 3.13. The maximum Gasteiger partial charge on any atom is 0.338 e. The number of ether oxygens (including phenoxy) is 2. The van der Waals surface area contributed by atoms with Crippen molar-refractivity contribution < 1.29 is 23.5 Å². The molecule has 3 aromatic carbocycles. The fourth-order valence-electron chi connectivity index (χ4n) is 3.75. The molecule has 1 atom stereocenters. The first-order valence-corrected chi connectivity index (χ1v) is 11.8. The highest BCUT2D eigenvalue weighted by molar-refractivity contribution is 5.97. The minimum Gasteiger partial charge on any atom is -0.473 e. The second-order valence-electron chi connectivity index (χ2n) is 8.26. The first-order chi connectivity index (χ1) is 17.4. The van der Waals surface area contributed by atoms with Gasteiger partial charge in [-0.2, -0.15) is 0 Å². The zero-order valence-electron chi connectivity index (χ0n) is 20.4. The predicted octanol–water partition coefficient (Wildman–Crippen LogP) is 5.74. The van der Waals surface area contributed by atoms with Gasteiger partial charge in [-0.1, -0.05) is 55.0 Å². The van der Waals surface area contributed by atoms with Gasteiger partial charge in [0, 0.05) is 11.3 Å². The number of benzene rings is 3. The molecule has 1 aromatic heterocycles. The van der Waals surface area contributed by atoms with Crippen LogP contribution in [0.5, 0.6) is 5.75 Å². The van der Waals surface area contributed by atoms with E-state index in [1.807, 2.05) is 31.2 Å².